The Labute approximate surface area is 189 Å². The van der Waals surface area contributed by atoms with E-state index < -0.39 is 5.91 Å². The van der Waals surface area contributed by atoms with Crippen molar-refractivity contribution < 1.29 is 9.59 Å². The van der Waals surface area contributed by atoms with E-state index in [4.69, 9.17) is 35.4 Å². The molecule has 3 rings (SSSR count). The van der Waals surface area contributed by atoms with Crippen LogP contribution in [0.2, 0.25) is 10.0 Å². The second kappa shape index (κ2) is 10.2. The summed E-state index contributed by atoms with van der Waals surface area (Å²) in [6.45, 7) is 0. The molecule has 0 aliphatic rings. The van der Waals surface area contributed by atoms with E-state index in [1.54, 1.807) is 24.3 Å². The maximum atomic E-state index is 12.3. The highest BCUT2D eigenvalue weighted by molar-refractivity contribution is 7.80. The molecule has 2 amide bonds. The second-order valence-corrected chi connectivity index (χ2v) is 7.64. The Hall–Kier alpha value is -2.93. The Morgan fingerprint density at radius 2 is 1.43 bits per heavy atom. The standard InChI is InChI=1S/C22H17Cl2N3O2S/c23-16-10-15(11-17(24)12-16)21(29)27-22(30)26-19-8-4-7-18(13-19)25-20(28)9-14-5-2-1-3-6-14/h1-8,10-13H,9H2,(H,25,28)(H2,26,27,29,30). The molecule has 0 unspecified atom stereocenters. The summed E-state index contributed by atoms with van der Waals surface area (Å²) in [5, 5.41) is 9.14. The molecule has 0 fully saturated rings. The minimum Gasteiger partial charge on any atom is -0.332 e. The van der Waals surface area contributed by atoms with E-state index in [2.05, 4.69) is 16.0 Å². The predicted molar refractivity (Wildman–Crippen MR) is 125 cm³/mol. The summed E-state index contributed by atoms with van der Waals surface area (Å²) in [7, 11) is 0. The van der Waals surface area contributed by atoms with Crippen LogP contribution in [0, 0.1) is 0 Å². The fourth-order valence-corrected chi connectivity index (χ4v) is 3.42. The number of carbonyl (C=O) groups excluding carboxylic acids is 2. The molecule has 0 radical (unpaired) electrons. The van der Waals surface area contributed by atoms with Gasteiger partial charge in [0.15, 0.2) is 5.11 Å². The number of anilines is 2. The first kappa shape index (κ1) is 21.8. The third-order valence-electron chi connectivity index (χ3n) is 3.96. The fourth-order valence-electron chi connectivity index (χ4n) is 2.68. The van der Waals surface area contributed by atoms with Crippen molar-refractivity contribution in [3.8, 4) is 0 Å². The molecule has 0 spiro atoms. The molecule has 3 N–H and O–H groups in total. The van der Waals surface area contributed by atoms with Gasteiger partial charge in [0.25, 0.3) is 5.91 Å². The lowest BCUT2D eigenvalue weighted by atomic mass is 10.1. The highest BCUT2D eigenvalue weighted by atomic mass is 35.5. The maximum Gasteiger partial charge on any atom is 0.257 e. The molecule has 0 bridgehead atoms. The summed E-state index contributed by atoms with van der Waals surface area (Å²) in [5.41, 5.74) is 2.44. The van der Waals surface area contributed by atoms with Gasteiger partial charge in [-0.05, 0) is 54.2 Å². The van der Waals surface area contributed by atoms with E-state index >= 15 is 0 Å². The van der Waals surface area contributed by atoms with Gasteiger partial charge in [-0.2, -0.15) is 0 Å². The molecular weight excluding hydrogens is 441 g/mol. The van der Waals surface area contributed by atoms with Gasteiger partial charge >= 0.3 is 0 Å². The van der Waals surface area contributed by atoms with Gasteiger partial charge in [0.1, 0.15) is 0 Å². The summed E-state index contributed by atoms with van der Waals surface area (Å²) in [4.78, 5) is 24.6. The van der Waals surface area contributed by atoms with Crippen molar-refractivity contribution in [3.63, 3.8) is 0 Å². The summed E-state index contributed by atoms with van der Waals surface area (Å²) in [6, 6.07) is 21.0. The van der Waals surface area contributed by atoms with Gasteiger partial charge in [0.05, 0.1) is 6.42 Å². The molecule has 0 aliphatic heterocycles. The second-order valence-electron chi connectivity index (χ2n) is 6.36. The lowest BCUT2D eigenvalue weighted by Crippen LogP contribution is -2.34. The Morgan fingerprint density at radius 1 is 0.800 bits per heavy atom. The fraction of sp³-hybridized carbons (Fsp3) is 0.0455. The molecule has 0 saturated carbocycles. The first-order valence-corrected chi connectivity index (χ1v) is 10.1. The number of amides is 2. The van der Waals surface area contributed by atoms with Crippen molar-refractivity contribution in [2.24, 2.45) is 0 Å². The molecular formula is C22H17Cl2N3O2S. The van der Waals surface area contributed by atoms with Gasteiger partial charge in [0, 0.05) is 27.0 Å². The number of rotatable bonds is 5. The minimum absolute atomic E-state index is 0.101. The van der Waals surface area contributed by atoms with Crippen LogP contribution >= 0.6 is 35.4 Å². The van der Waals surface area contributed by atoms with E-state index in [0.717, 1.165) is 5.56 Å². The van der Waals surface area contributed by atoms with E-state index in [9.17, 15) is 9.59 Å². The van der Waals surface area contributed by atoms with Crippen LogP contribution in [0.15, 0.2) is 72.8 Å². The summed E-state index contributed by atoms with van der Waals surface area (Å²) in [5.74, 6) is -0.573. The third-order valence-corrected chi connectivity index (χ3v) is 4.60. The van der Waals surface area contributed by atoms with Crippen molar-refractivity contribution in [1.82, 2.24) is 5.32 Å². The quantitative estimate of drug-likeness (QED) is 0.454. The Morgan fingerprint density at radius 3 is 2.10 bits per heavy atom. The largest absolute Gasteiger partial charge is 0.332 e. The normalized spacial score (nSPS) is 10.2. The van der Waals surface area contributed by atoms with Gasteiger partial charge in [-0.3, -0.25) is 14.9 Å². The number of thiocarbonyl (C=S) groups is 1. The van der Waals surface area contributed by atoms with Gasteiger partial charge in [-0.1, -0.05) is 59.6 Å². The third kappa shape index (κ3) is 6.56. The van der Waals surface area contributed by atoms with Crippen molar-refractivity contribution >= 4 is 63.7 Å². The number of carbonyl (C=O) groups is 2. The molecule has 3 aromatic rings. The van der Waals surface area contributed by atoms with Crippen LogP contribution in [0.1, 0.15) is 15.9 Å². The Balaban J connectivity index is 1.58. The molecule has 0 aliphatic carbocycles. The zero-order valence-corrected chi connectivity index (χ0v) is 17.9. The lowest BCUT2D eigenvalue weighted by molar-refractivity contribution is -0.115. The highest BCUT2D eigenvalue weighted by Gasteiger charge is 2.11. The van der Waals surface area contributed by atoms with Gasteiger partial charge in [0.2, 0.25) is 5.91 Å². The van der Waals surface area contributed by atoms with E-state index in [-0.39, 0.29) is 17.4 Å². The summed E-state index contributed by atoms with van der Waals surface area (Å²) in [6.07, 6.45) is 0.273. The van der Waals surface area contributed by atoms with Crippen LogP contribution < -0.4 is 16.0 Å². The average molecular weight is 458 g/mol. The Kier molecular flexibility index (Phi) is 7.41. The van der Waals surface area contributed by atoms with Crippen LogP contribution in [0.3, 0.4) is 0 Å². The average Bonchev–Trinajstić information content (AvgIpc) is 2.68. The molecule has 0 saturated heterocycles. The smallest absolute Gasteiger partial charge is 0.257 e. The zero-order valence-electron chi connectivity index (χ0n) is 15.6. The molecule has 30 heavy (non-hydrogen) atoms. The summed E-state index contributed by atoms with van der Waals surface area (Å²) >= 11 is 17.0. The first-order valence-electron chi connectivity index (χ1n) is 8.91. The van der Waals surface area contributed by atoms with Crippen LogP contribution in [0.25, 0.3) is 0 Å². The van der Waals surface area contributed by atoms with Crippen molar-refractivity contribution in [3.05, 3.63) is 94.0 Å². The van der Waals surface area contributed by atoms with Gasteiger partial charge < -0.3 is 10.6 Å². The van der Waals surface area contributed by atoms with Crippen molar-refractivity contribution in [1.29, 1.82) is 0 Å². The Bertz CT molecular complexity index is 1070. The van der Waals surface area contributed by atoms with Crippen molar-refractivity contribution in [2.75, 3.05) is 10.6 Å². The first-order chi connectivity index (χ1) is 14.4. The monoisotopic (exact) mass is 457 g/mol. The molecule has 152 valence electrons. The number of halogens is 2. The van der Waals surface area contributed by atoms with Crippen LogP contribution in [-0.2, 0) is 11.2 Å². The molecule has 0 heterocycles. The summed E-state index contributed by atoms with van der Waals surface area (Å²) < 4.78 is 0. The molecule has 3 aromatic carbocycles. The van der Waals surface area contributed by atoms with Crippen LogP contribution in [0.5, 0.6) is 0 Å². The lowest BCUT2D eigenvalue weighted by Gasteiger charge is -2.12. The van der Waals surface area contributed by atoms with Gasteiger partial charge in [-0.25, -0.2) is 0 Å². The van der Waals surface area contributed by atoms with E-state index in [0.29, 0.717) is 27.0 Å². The van der Waals surface area contributed by atoms with Gasteiger partial charge in [-0.15, -0.1) is 0 Å². The highest BCUT2D eigenvalue weighted by Crippen LogP contribution is 2.19. The number of hydrogen-bond acceptors (Lipinski definition) is 3. The topological polar surface area (TPSA) is 70.2 Å². The van der Waals surface area contributed by atoms with E-state index in [1.807, 2.05) is 30.3 Å². The van der Waals surface area contributed by atoms with Crippen molar-refractivity contribution in [2.45, 2.75) is 6.42 Å². The van der Waals surface area contributed by atoms with Crippen LogP contribution in [-0.4, -0.2) is 16.9 Å². The molecule has 8 heteroatoms. The number of hydrogen-bond donors (Lipinski definition) is 3. The molecule has 5 nitrogen and oxygen atoms in total. The minimum atomic E-state index is -0.441. The SMILES string of the molecule is O=C(Cc1ccccc1)Nc1cccc(NC(=S)NC(=O)c2cc(Cl)cc(Cl)c2)c1. The number of benzene rings is 3. The van der Waals surface area contributed by atoms with Crippen LogP contribution in [0.4, 0.5) is 11.4 Å². The predicted octanol–water partition coefficient (Wildman–Crippen LogP) is 5.30. The molecule has 0 atom stereocenters. The van der Waals surface area contributed by atoms with E-state index in [1.165, 1.54) is 18.2 Å². The maximum absolute atomic E-state index is 12.3. The zero-order chi connectivity index (χ0) is 21.5. The number of nitrogens with one attached hydrogen (secondary N) is 3. The molecule has 0 aromatic heterocycles.